The number of nitrogens with zero attached hydrogens (tertiary/aromatic N) is 4. The van der Waals surface area contributed by atoms with Crippen molar-refractivity contribution in [1.29, 1.82) is 0 Å². The van der Waals surface area contributed by atoms with Gasteiger partial charge in [0.2, 0.25) is 5.95 Å². The maximum Gasteiger partial charge on any atom is 0.407 e. The van der Waals surface area contributed by atoms with E-state index in [9.17, 15) is 9.18 Å². The van der Waals surface area contributed by atoms with Gasteiger partial charge in [0.15, 0.2) is 0 Å². The summed E-state index contributed by atoms with van der Waals surface area (Å²) < 4.78 is 19.2. The Balaban J connectivity index is 1.65. The minimum atomic E-state index is -0.924. The highest BCUT2D eigenvalue weighted by Crippen LogP contribution is 2.31. The first-order valence-electron chi connectivity index (χ1n) is 9.82. The number of rotatable bonds is 7. The van der Waals surface area contributed by atoms with Gasteiger partial charge in [-0.2, -0.15) is 4.39 Å². The summed E-state index contributed by atoms with van der Waals surface area (Å²) in [6.45, 7) is 3.47. The monoisotopic (exact) mass is 395 g/mol. The van der Waals surface area contributed by atoms with Crippen molar-refractivity contribution < 1.29 is 19.0 Å². The third kappa shape index (κ3) is 5.38. The van der Waals surface area contributed by atoms with Gasteiger partial charge in [0.05, 0.1) is 6.04 Å². The molecule has 2 fully saturated rings. The van der Waals surface area contributed by atoms with Gasteiger partial charge < -0.3 is 19.6 Å². The largest absolute Gasteiger partial charge is 0.465 e. The number of likely N-dealkylation sites (N-methyl/N-ethyl adjacent to an activating group) is 2. The van der Waals surface area contributed by atoms with Crippen molar-refractivity contribution in [3.05, 3.63) is 29.8 Å². The van der Waals surface area contributed by atoms with Crippen LogP contribution in [-0.2, 0) is 4.74 Å². The lowest BCUT2D eigenvalue weighted by molar-refractivity contribution is -0.0982. The Kier molecular flexibility index (Phi) is 7.17. The highest BCUT2D eigenvalue weighted by atomic mass is 19.1. The zero-order valence-corrected chi connectivity index (χ0v) is 16.6. The van der Waals surface area contributed by atoms with Gasteiger partial charge in [-0.1, -0.05) is 6.07 Å². The van der Waals surface area contributed by atoms with Crippen LogP contribution in [0.5, 0.6) is 0 Å². The van der Waals surface area contributed by atoms with Gasteiger partial charge >= 0.3 is 6.09 Å². The molecule has 2 N–H and O–H groups in total. The minimum absolute atomic E-state index is 0.0123. The van der Waals surface area contributed by atoms with Crippen molar-refractivity contribution in [1.82, 2.24) is 25.2 Å². The summed E-state index contributed by atoms with van der Waals surface area (Å²) in [5.74, 6) is -0.238. The minimum Gasteiger partial charge on any atom is -0.465 e. The van der Waals surface area contributed by atoms with E-state index in [0.29, 0.717) is 13.1 Å². The zero-order chi connectivity index (χ0) is 20.1. The van der Waals surface area contributed by atoms with Crippen LogP contribution in [0, 0.1) is 11.9 Å². The van der Waals surface area contributed by atoms with Crippen LogP contribution < -0.4 is 5.43 Å². The molecule has 2 saturated heterocycles. The summed E-state index contributed by atoms with van der Waals surface area (Å²) in [5, 5.41) is 11.2. The molecule has 0 radical (unpaired) electrons. The van der Waals surface area contributed by atoms with Crippen molar-refractivity contribution in [2.45, 2.75) is 31.5 Å². The van der Waals surface area contributed by atoms with Crippen LogP contribution >= 0.6 is 0 Å². The van der Waals surface area contributed by atoms with E-state index < -0.39 is 12.0 Å². The number of halogens is 1. The van der Waals surface area contributed by atoms with Crippen molar-refractivity contribution in [2.75, 3.05) is 46.9 Å². The lowest BCUT2D eigenvalue weighted by Crippen LogP contribution is -2.44. The fourth-order valence-corrected chi connectivity index (χ4v) is 3.85. The fraction of sp³-hybridized carbons (Fsp3) is 0.684. The second-order valence-electron chi connectivity index (χ2n) is 7.72. The molecule has 3 rings (SSSR count). The molecule has 3 atom stereocenters. The second kappa shape index (κ2) is 9.60. The topological polar surface area (TPSA) is 81.2 Å². The molecular weight excluding hydrogens is 365 g/mol. The molecular formula is C19H30FN5O3. The highest BCUT2D eigenvalue weighted by molar-refractivity contribution is 5.64. The lowest BCUT2D eigenvalue weighted by atomic mass is 9.95. The Hall–Kier alpha value is -1.81. The van der Waals surface area contributed by atoms with Crippen molar-refractivity contribution in [3.63, 3.8) is 0 Å². The molecule has 0 spiro atoms. The number of hydrogen-bond donors (Lipinski definition) is 2. The average molecular weight is 395 g/mol. The first kappa shape index (κ1) is 20.9. The van der Waals surface area contributed by atoms with Crippen molar-refractivity contribution >= 4 is 6.09 Å². The molecule has 1 amide bonds. The van der Waals surface area contributed by atoms with E-state index in [-0.39, 0.29) is 18.2 Å². The molecule has 3 heterocycles. The van der Waals surface area contributed by atoms with Gasteiger partial charge in [-0.15, -0.1) is 0 Å². The van der Waals surface area contributed by atoms with E-state index in [0.717, 1.165) is 44.5 Å². The van der Waals surface area contributed by atoms with Crippen LogP contribution in [0.15, 0.2) is 18.3 Å². The molecule has 2 aliphatic heterocycles. The number of nitrogens with one attached hydrogen (secondary N) is 1. The first-order valence-corrected chi connectivity index (χ1v) is 9.82. The van der Waals surface area contributed by atoms with E-state index in [1.54, 1.807) is 19.3 Å². The van der Waals surface area contributed by atoms with E-state index in [2.05, 4.69) is 20.3 Å². The Morgan fingerprint density at radius 1 is 1.39 bits per heavy atom. The van der Waals surface area contributed by atoms with Crippen LogP contribution in [0.4, 0.5) is 9.18 Å². The quantitative estimate of drug-likeness (QED) is 0.681. The van der Waals surface area contributed by atoms with E-state index in [1.807, 2.05) is 7.05 Å². The van der Waals surface area contributed by atoms with Gasteiger partial charge in [0.25, 0.3) is 0 Å². The summed E-state index contributed by atoms with van der Waals surface area (Å²) in [7, 11) is 3.57. The maximum absolute atomic E-state index is 13.3. The molecule has 0 aromatic carbocycles. The maximum atomic E-state index is 13.3. The van der Waals surface area contributed by atoms with E-state index >= 15 is 0 Å². The molecule has 8 nitrogen and oxygen atoms in total. The summed E-state index contributed by atoms with van der Waals surface area (Å²) in [4.78, 5) is 18.2. The Bertz CT molecular complexity index is 641. The summed E-state index contributed by atoms with van der Waals surface area (Å²) in [6.07, 6.45) is 3.96. The van der Waals surface area contributed by atoms with Crippen LogP contribution in [0.2, 0.25) is 0 Å². The number of hydrogen-bond acceptors (Lipinski definition) is 6. The summed E-state index contributed by atoms with van der Waals surface area (Å²) in [5.41, 5.74) is 4.49. The number of aromatic nitrogens is 1. The van der Waals surface area contributed by atoms with E-state index in [4.69, 9.17) is 9.84 Å². The van der Waals surface area contributed by atoms with Gasteiger partial charge in [-0.3, -0.25) is 0 Å². The molecule has 1 aromatic heterocycles. The predicted molar refractivity (Wildman–Crippen MR) is 102 cm³/mol. The number of ether oxygens (including phenoxy) is 1. The van der Waals surface area contributed by atoms with Crippen LogP contribution in [0.1, 0.15) is 30.9 Å². The lowest BCUT2D eigenvalue weighted by Gasteiger charge is -2.31. The number of carboxylic acid groups (broad SMARTS) is 1. The summed E-state index contributed by atoms with van der Waals surface area (Å²) in [6, 6.07) is 3.17. The number of hydrazine groups is 1. The van der Waals surface area contributed by atoms with E-state index in [1.165, 1.54) is 11.0 Å². The van der Waals surface area contributed by atoms with Crippen LogP contribution in [0.3, 0.4) is 0 Å². The fourth-order valence-electron chi connectivity index (χ4n) is 3.85. The number of carbonyl (C=O) groups is 1. The summed E-state index contributed by atoms with van der Waals surface area (Å²) >= 11 is 0. The number of pyridine rings is 1. The average Bonchev–Trinajstić information content (AvgIpc) is 3.11. The molecule has 28 heavy (non-hydrogen) atoms. The second-order valence-corrected chi connectivity index (χ2v) is 7.72. The van der Waals surface area contributed by atoms with Gasteiger partial charge in [-0.25, -0.2) is 20.2 Å². The molecule has 2 aliphatic rings. The van der Waals surface area contributed by atoms with Crippen LogP contribution in [-0.4, -0.2) is 84.1 Å². The number of amides is 1. The molecule has 9 heteroatoms. The molecule has 0 saturated carbocycles. The third-order valence-corrected chi connectivity index (χ3v) is 5.51. The molecule has 0 aliphatic carbocycles. The van der Waals surface area contributed by atoms with Gasteiger partial charge in [0.1, 0.15) is 6.23 Å². The third-order valence-electron chi connectivity index (χ3n) is 5.51. The first-order chi connectivity index (χ1) is 13.4. The smallest absolute Gasteiger partial charge is 0.407 e. The molecule has 156 valence electrons. The van der Waals surface area contributed by atoms with Crippen LogP contribution in [0.25, 0.3) is 0 Å². The highest BCUT2D eigenvalue weighted by Gasteiger charge is 2.38. The Morgan fingerprint density at radius 2 is 2.21 bits per heavy atom. The Labute approximate surface area is 165 Å². The SMILES string of the molecule is CN(CCN(C)C(=O)O)CC1CN(C2CCCCO2)NC1c1ccc(F)nc1. The van der Waals surface area contributed by atoms with Crippen molar-refractivity contribution in [2.24, 2.45) is 5.92 Å². The van der Waals surface area contributed by atoms with Gasteiger partial charge in [-0.05, 0) is 37.9 Å². The normalized spacial score (nSPS) is 25.9. The molecule has 1 aromatic rings. The zero-order valence-electron chi connectivity index (χ0n) is 16.6. The molecule has 0 bridgehead atoms. The predicted octanol–water partition coefficient (Wildman–Crippen LogP) is 1.77. The van der Waals surface area contributed by atoms with Crippen molar-refractivity contribution in [3.8, 4) is 0 Å². The van der Waals surface area contributed by atoms with Gasteiger partial charge in [0, 0.05) is 51.9 Å². The standard InChI is InChI=1S/C19H30FN5O3/c1-23(8-9-24(2)19(26)27)12-15-13-25(17-5-3-4-10-28-17)22-18(15)14-6-7-16(20)21-11-14/h6-7,11,15,17-18,22H,3-5,8-10,12-13H2,1-2H3,(H,26,27). The molecule has 3 unspecified atom stereocenters. The Morgan fingerprint density at radius 3 is 2.86 bits per heavy atom.